The molecule has 0 saturated heterocycles. The number of aromatic nitrogens is 1. The van der Waals surface area contributed by atoms with Gasteiger partial charge in [0.15, 0.2) is 0 Å². The maximum atomic E-state index is 13.8. The second-order valence-corrected chi connectivity index (χ2v) is 8.34. The number of rotatable bonds is 5. The van der Waals surface area contributed by atoms with Crippen molar-refractivity contribution in [3.63, 3.8) is 0 Å². The molecule has 5 nitrogen and oxygen atoms in total. The van der Waals surface area contributed by atoms with E-state index in [0.717, 1.165) is 33.5 Å². The quantitative estimate of drug-likeness (QED) is 0.512. The minimum absolute atomic E-state index is 0.0491. The Balaban J connectivity index is 1.83. The topological polar surface area (TPSA) is 60.5 Å². The molecular weight excluding hydrogens is 407 g/mol. The van der Waals surface area contributed by atoms with Crippen LogP contribution in [-0.2, 0) is 11.3 Å². The maximum absolute atomic E-state index is 13.8. The van der Waals surface area contributed by atoms with Crippen LogP contribution in [0.2, 0.25) is 0 Å². The van der Waals surface area contributed by atoms with E-state index in [1.54, 1.807) is 30.6 Å². The highest BCUT2D eigenvalue weighted by Gasteiger charge is 2.27. The average molecular weight is 432 g/mol. The van der Waals surface area contributed by atoms with Gasteiger partial charge in [-0.3, -0.25) is 4.98 Å². The van der Waals surface area contributed by atoms with E-state index in [1.165, 1.54) is 19.2 Å². The van der Waals surface area contributed by atoms with E-state index < -0.39 is 5.97 Å². The summed E-state index contributed by atoms with van der Waals surface area (Å²) in [5, 5.41) is 3.53. The zero-order chi connectivity index (χ0) is 22.9. The number of carbonyl (C=O) groups is 1. The standard InChI is InChI=1S/C26H25FN2O3/c1-16-14-26(2,3)29-22-8-7-19(20-6-5-18(27)13-23(20)31-4)21(24(16)22)15-32-25(30)17-9-11-28-12-10-17/h5-14,29H,15H2,1-4H3. The van der Waals surface area contributed by atoms with Crippen LogP contribution in [0.25, 0.3) is 16.7 Å². The third-order valence-corrected chi connectivity index (χ3v) is 5.46. The van der Waals surface area contributed by atoms with Crippen molar-refractivity contribution in [1.29, 1.82) is 0 Å². The molecular formula is C26H25FN2O3. The van der Waals surface area contributed by atoms with Gasteiger partial charge in [0.1, 0.15) is 18.2 Å². The number of anilines is 1. The fourth-order valence-electron chi connectivity index (χ4n) is 4.20. The summed E-state index contributed by atoms with van der Waals surface area (Å²) < 4.78 is 25.0. The Morgan fingerprint density at radius 3 is 2.53 bits per heavy atom. The molecule has 6 heteroatoms. The molecule has 0 fully saturated rings. The predicted octanol–water partition coefficient (Wildman–Crippen LogP) is 5.86. The van der Waals surface area contributed by atoms with E-state index in [4.69, 9.17) is 9.47 Å². The van der Waals surface area contributed by atoms with Gasteiger partial charge in [-0.15, -0.1) is 0 Å². The van der Waals surface area contributed by atoms with Crippen molar-refractivity contribution < 1.29 is 18.7 Å². The second kappa shape index (κ2) is 8.46. The average Bonchev–Trinajstić information content (AvgIpc) is 2.77. The number of hydrogen-bond acceptors (Lipinski definition) is 5. The fraction of sp³-hybridized carbons (Fsp3) is 0.231. The summed E-state index contributed by atoms with van der Waals surface area (Å²) in [4.78, 5) is 16.6. The summed E-state index contributed by atoms with van der Waals surface area (Å²) in [5.74, 6) is -0.404. The summed E-state index contributed by atoms with van der Waals surface area (Å²) in [6.45, 7) is 6.29. The summed E-state index contributed by atoms with van der Waals surface area (Å²) in [6.07, 6.45) is 5.25. The number of benzene rings is 2. The van der Waals surface area contributed by atoms with Crippen LogP contribution in [0.1, 0.15) is 42.3 Å². The van der Waals surface area contributed by atoms with E-state index in [0.29, 0.717) is 11.3 Å². The lowest BCUT2D eigenvalue weighted by Gasteiger charge is -2.33. The molecule has 164 valence electrons. The van der Waals surface area contributed by atoms with E-state index in [1.807, 2.05) is 19.1 Å². The predicted molar refractivity (Wildman–Crippen MR) is 123 cm³/mol. The largest absolute Gasteiger partial charge is 0.496 e. The van der Waals surface area contributed by atoms with Crippen LogP contribution < -0.4 is 10.1 Å². The maximum Gasteiger partial charge on any atom is 0.338 e. The van der Waals surface area contributed by atoms with Crippen LogP contribution in [0.4, 0.5) is 10.1 Å². The molecule has 1 aliphatic heterocycles. The first-order valence-corrected chi connectivity index (χ1v) is 10.3. The van der Waals surface area contributed by atoms with Gasteiger partial charge in [-0.2, -0.15) is 0 Å². The van der Waals surface area contributed by atoms with Crippen molar-refractivity contribution in [2.24, 2.45) is 0 Å². The van der Waals surface area contributed by atoms with Crippen molar-refractivity contribution in [2.45, 2.75) is 32.9 Å². The highest BCUT2D eigenvalue weighted by molar-refractivity contribution is 5.91. The highest BCUT2D eigenvalue weighted by atomic mass is 19.1. The number of ether oxygens (including phenoxy) is 2. The number of fused-ring (bicyclic) bond motifs is 1. The van der Waals surface area contributed by atoms with Crippen LogP contribution >= 0.6 is 0 Å². The monoisotopic (exact) mass is 432 g/mol. The molecule has 0 unspecified atom stereocenters. The van der Waals surface area contributed by atoms with Crippen LogP contribution in [0.5, 0.6) is 5.75 Å². The number of pyridine rings is 1. The van der Waals surface area contributed by atoms with Gasteiger partial charge >= 0.3 is 5.97 Å². The smallest absolute Gasteiger partial charge is 0.338 e. The molecule has 0 amide bonds. The van der Waals surface area contributed by atoms with E-state index in [9.17, 15) is 9.18 Å². The number of nitrogens with zero attached hydrogens (tertiary/aromatic N) is 1. The lowest BCUT2D eigenvalue weighted by Crippen LogP contribution is -2.32. The van der Waals surface area contributed by atoms with Gasteiger partial charge in [-0.1, -0.05) is 12.1 Å². The molecule has 0 aliphatic carbocycles. The molecule has 32 heavy (non-hydrogen) atoms. The molecule has 0 spiro atoms. The highest BCUT2D eigenvalue weighted by Crippen LogP contribution is 2.42. The minimum Gasteiger partial charge on any atom is -0.496 e. The third-order valence-electron chi connectivity index (χ3n) is 5.46. The van der Waals surface area contributed by atoms with Crippen molar-refractivity contribution in [3.8, 4) is 16.9 Å². The normalized spacial score (nSPS) is 14.1. The van der Waals surface area contributed by atoms with Gasteiger partial charge in [0, 0.05) is 40.8 Å². The molecule has 1 N–H and O–H groups in total. The van der Waals surface area contributed by atoms with Gasteiger partial charge in [0.2, 0.25) is 0 Å². The van der Waals surface area contributed by atoms with Crippen LogP contribution in [-0.4, -0.2) is 23.6 Å². The molecule has 3 aromatic rings. The van der Waals surface area contributed by atoms with Gasteiger partial charge in [0.05, 0.1) is 18.2 Å². The molecule has 0 radical (unpaired) electrons. The number of allylic oxidation sites excluding steroid dienone is 1. The zero-order valence-electron chi connectivity index (χ0n) is 18.5. The first-order chi connectivity index (χ1) is 15.3. The molecule has 0 saturated carbocycles. The molecule has 1 aromatic heterocycles. The Bertz CT molecular complexity index is 1200. The number of nitrogens with one attached hydrogen (secondary N) is 1. The summed E-state index contributed by atoms with van der Waals surface area (Å²) in [7, 11) is 1.51. The van der Waals surface area contributed by atoms with Crippen molar-refractivity contribution in [2.75, 3.05) is 12.4 Å². The first kappa shape index (κ1) is 21.6. The Hall–Kier alpha value is -3.67. The SMILES string of the molecule is COc1cc(F)ccc1-c1ccc2c(c1COC(=O)c1ccncc1)C(C)=CC(C)(C)N2. The fourth-order valence-corrected chi connectivity index (χ4v) is 4.20. The molecule has 0 atom stereocenters. The van der Waals surface area contributed by atoms with E-state index in [2.05, 4.69) is 30.2 Å². The third kappa shape index (κ3) is 4.21. The summed E-state index contributed by atoms with van der Waals surface area (Å²) in [6, 6.07) is 11.6. The lowest BCUT2D eigenvalue weighted by molar-refractivity contribution is 0.0473. The van der Waals surface area contributed by atoms with E-state index >= 15 is 0 Å². The van der Waals surface area contributed by atoms with Crippen molar-refractivity contribution in [1.82, 2.24) is 4.98 Å². The first-order valence-electron chi connectivity index (χ1n) is 10.3. The van der Waals surface area contributed by atoms with Crippen molar-refractivity contribution >= 4 is 17.2 Å². The number of esters is 1. The Labute approximate surface area is 186 Å². The number of halogens is 1. The number of methoxy groups -OCH3 is 1. The van der Waals surface area contributed by atoms with Crippen molar-refractivity contribution in [3.05, 3.63) is 83.4 Å². The van der Waals surface area contributed by atoms with Gasteiger partial charge in [0.25, 0.3) is 0 Å². The minimum atomic E-state index is -0.437. The Morgan fingerprint density at radius 1 is 1.09 bits per heavy atom. The molecule has 2 aromatic carbocycles. The van der Waals surface area contributed by atoms with Gasteiger partial charge in [-0.25, -0.2) is 9.18 Å². The van der Waals surface area contributed by atoms with Gasteiger partial charge in [-0.05, 0) is 62.2 Å². The molecule has 0 bridgehead atoms. The second-order valence-electron chi connectivity index (χ2n) is 8.34. The van der Waals surface area contributed by atoms with Gasteiger partial charge < -0.3 is 14.8 Å². The van der Waals surface area contributed by atoms with E-state index in [-0.39, 0.29) is 18.0 Å². The Morgan fingerprint density at radius 2 is 1.81 bits per heavy atom. The lowest BCUT2D eigenvalue weighted by atomic mass is 9.85. The zero-order valence-corrected chi connectivity index (χ0v) is 18.5. The number of hydrogen-bond donors (Lipinski definition) is 1. The molecule has 1 aliphatic rings. The van der Waals surface area contributed by atoms with Crippen LogP contribution in [0, 0.1) is 5.82 Å². The molecule has 2 heterocycles. The summed E-state index contributed by atoms with van der Waals surface area (Å²) in [5.41, 5.74) is 5.58. The van der Waals surface area contributed by atoms with Crippen LogP contribution in [0.3, 0.4) is 0 Å². The number of carbonyl (C=O) groups excluding carboxylic acids is 1. The summed E-state index contributed by atoms with van der Waals surface area (Å²) >= 11 is 0. The molecule has 4 rings (SSSR count). The van der Waals surface area contributed by atoms with Crippen LogP contribution in [0.15, 0.2) is 60.9 Å². The Kier molecular flexibility index (Phi) is 5.70.